The van der Waals surface area contributed by atoms with E-state index in [2.05, 4.69) is 11.8 Å². The molecule has 0 spiro atoms. The molecule has 64 valence electrons. The first-order chi connectivity index (χ1) is 6.24. The number of nitrogens with zero attached hydrogens (tertiary/aromatic N) is 1. The lowest BCUT2D eigenvalue weighted by Gasteiger charge is -1.96. The molecule has 1 rings (SSSR count). The molecule has 0 amide bonds. The van der Waals surface area contributed by atoms with Gasteiger partial charge in [-0.1, -0.05) is 17.9 Å². The topological polar surface area (TPSA) is 23.8 Å². The molecule has 0 saturated carbocycles. The highest BCUT2D eigenvalue weighted by Crippen LogP contribution is 2.08. The highest BCUT2D eigenvalue weighted by molar-refractivity contribution is 5.41. The van der Waals surface area contributed by atoms with Crippen molar-refractivity contribution in [2.24, 2.45) is 0 Å². The zero-order valence-electron chi connectivity index (χ0n) is 7.26. The van der Waals surface area contributed by atoms with Crippen molar-refractivity contribution in [1.29, 1.82) is 5.26 Å². The van der Waals surface area contributed by atoms with E-state index in [9.17, 15) is 4.39 Å². The lowest BCUT2D eigenvalue weighted by molar-refractivity contribution is 0.627. The van der Waals surface area contributed by atoms with Crippen molar-refractivity contribution in [2.75, 3.05) is 0 Å². The molecule has 13 heavy (non-hydrogen) atoms. The Bertz CT molecular complexity index is 404. The highest BCUT2D eigenvalue weighted by atomic mass is 19.1. The Balaban J connectivity index is 2.97. The Hall–Kier alpha value is -1.80. The summed E-state index contributed by atoms with van der Waals surface area (Å²) in [4.78, 5) is 0. The van der Waals surface area contributed by atoms with E-state index in [-0.39, 0.29) is 12.2 Å². The van der Waals surface area contributed by atoms with Crippen molar-refractivity contribution in [2.45, 2.75) is 13.3 Å². The Morgan fingerprint density at radius 1 is 1.46 bits per heavy atom. The quantitative estimate of drug-likeness (QED) is 0.552. The zero-order valence-corrected chi connectivity index (χ0v) is 7.26. The maximum Gasteiger partial charge on any atom is 0.124 e. The van der Waals surface area contributed by atoms with Gasteiger partial charge in [-0.3, -0.25) is 0 Å². The van der Waals surface area contributed by atoms with Crippen LogP contribution in [-0.4, -0.2) is 0 Å². The predicted octanol–water partition coefficient (Wildman–Crippen LogP) is 2.40. The molecule has 1 aromatic rings. The van der Waals surface area contributed by atoms with Gasteiger partial charge < -0.3 is 0 Å². The van der Waals surface area contributed by atoms with Gasteiger partial charge in [0.25, 0.3) is 0 Å². The maximum absolute atomic E-state index is 12.7. The first-order valence-corrected chi connectivity index (χ1v) is 3.86. The van der Waals surface area contributed by atoms with Gasteiger partial charge in [0.1, 0.15) is 5.82 Å². The molecule has 0 heterocycles. The lowest BCUT2D eigenvalue weighted by Crippen LogP contribution is -1.83. The van der Waals surface area contributed by atoms with Gasteiger partial charge >= 0.3 is 0 Å². The van der Waals surface area contributed by atoms with Crippen molar-refractivity contribution in [1.82, 2.24) is 0 Å². The van der Waals surface area contributed by atoms with Gasteiger partial charge in [-0.05, 0) is 24.6 Å². The number of aryl methyl sites for hydroxylation is 1. The normalized spacial score (nSPS) is 8.38. The molecule has 0 N–H and O–H groups in total. The fourth-order valence-corrected chi connectivity index (χ4v) is 0.908. The van der Waals surface area contributed by atoms with Gasteiger partial charge in [0.2, 0.25) is 0 Å². The third kappa shape index (κ3) is 2.61. The summed E-state index contributed by atoms with van der Waals surface area (Å²) >= 11 is 0. The molecule has 0 unspecified atom stereocenters. The minimum absolute atomic E-state index is 0.177. The second-order valence-electron chi connectivity index (χ2n) is 2.60. The largest absolute Gasteiger partial charge is 0.207 e. The van der Waals surface area contributed by atoms with E-state index in [0.717, 1.165) is 5.56 Å². The Morgan fingerprint density at radius 3 is 2.92 bits per heavy atom. The molecule has 0 aliphatic rings. The van der Waals surface area contributed by atoms with Crippen LogP contribution in [0.2, 0.25) is 0 Å². The number of rotatable bonds is 0. The number of nitriles is 1. The molecular formula is C11H8FN. The lowest BCUT2D eigenvalue weighted by atomic mass is 10.1. The summed E-state index contributed by atoms with van der Waals surface area (Å²) < 4.78 is 12.7. The molecule has 2 heteroatoms. The Morgan fingerprint density at radius 2 is 2.23 bits per heavy atom. The standard InChI is InChI=1S/C11H8FN/c1-9-5-6-11(12)8-10(9)4-2-3-7-13/h5-6,8H,3H2,1H3. The first-order valence-electron chi connectivity index (χ1n) is 3.86. The van der Waals surface area contributed by atoms with E-state index in [1.54, 1.807) is 6.07 Å². The zero-order chi connectivity index (χ0) is 9.68. The van der Waals surface area contributed by atoms with Crippen LogP contribution in [0.4, 0.5) is 4.39 Å². The average Bonchev–Trinajstić information content (AvgIpc) is 2.11. The van der Waals surface area contributed by atoms with Gasteiger partial charge in [-0.15, -0.1) is 0 Å². The van der Waals surface area contributed by atoms with Crippen LogP contribution in [0.15, 0.2) is 18.2 Å². The number of hydrogen-bond acceptors (Lipinski definition) is 1. The molecule has 0 bridgehead atoms. The molecule has 1 nitrogen and oxygen atoms in total. The number of benzene rings is 1. The van der Waals surface area contributed by atoms with Gasteiger partial charge in [0, 0.05) is 5.56 Å². The van der Waals surface area contributed by atoms with Crippen LogP contribution in [0, 0.1) is 35.9 Å². The van der Waals surface area contributed by atoms with Crippen molar-refractivity contribution in [3.8, 4) is 17.9 Å². The monoisotopic (exact) mass is 173 g/mol. The minimum atomic E-state index is -0.299. The molecule has 0 aliphatic carbocycles. The van der Waals surface area contributed by atoms with Crippen molar-refractivity contribution in [3.63, 3.8) is 0 Å². The fraction of sp³-hybridized carbons (Fsp3) is 0.182. The third-order valence-electron chi connectivity index (χ3n) is 1.59. The van der Waals surface area contributed by atoms with Gasteiger partial charge in [0.05, 0.1) is 12.5 Å². The van der Waals surface area contributed by atoms with Crippen molar-refractivity contribution in [3.05, 3.63) is 35.1 Å². The van der Waals surface area contributed by atoms with E-state index in [4.69, 9.17) is 5.26 Å². The minimum Gasteiger partial charge on any atom is -0.207 e. The molecule has 0 aromatic heterocycles. The van der Waals surface area contributed by atoms with E-state index in [0.29, 0.717) is 5.56 Å². The van der Waals surface area contributed by atoms with Crippen LogP contribution in [0.1, 0.15) is 17.5 Å². The summed E-state index contributed by atoms with van der Waals surface area (Å²) in [7, 11) is 0. The Labute approximate surface area is 76.8 Å². The van der Waals surface area contributed by atoms with E-state index >= 15 is 0 Å². The van der Waals surface area contributed by atoms with Crippen molar-refractivity contribution < 1.29 is 4.39 Å². The molecule has 1 aromatic carbocycles. The van der Waals surface area contributed by atoms with Gasteiger partial charge in [0.15, 0.2) is 0 Å². The van der Waals surface area contributed by atoms with Gasteiger partial charge in [-0.25, -0.2) is 4.39 Å². The van der Waals surface area contributed by atoms with Crippen LogP contribution in [0.25, 0.3) is 0 Å². The van der Waals surface area contributed by atoms with Crippen molar-refractivity contribution >= 4 is 0 Å². The smallest absolute Gasteiger partial charge is 0.124 e. The van der Waals surface area contributed by atoms with E-state index < -0.39 is 0 Å². The average molecular weight is 173 g/mol. The molecule has 0 radical (unpaired) electrons. The second-order valence-corrected chi connectivity index (χ2v) is 2.60. The predicted molar refractivity (Wildman–Crippen MR) is 48.2 cm³/mol. The first kappa shape index (κ1) is 9.29. The molecule has 0 atom stereocenters. The van der Waals surface area contributed by atoms with Crippen LogP contribution in [0.5, 0.6) is 0 Å². The van der Waals surface area contributed by atoms with Crippen LogP contribution in [0.3, 0.4) is 0 Å². The van der Waals surface area contributed by atoms with E-state index in [1.807, 2.05) is 13.0 Å². The molecular weight excluding hydrogens is 165 g/mol. The summed E-state index contributed by atoms with van der Waals surface area (Å²) in [5, 5.41) is 8.24. The summed E-state index contributed by atoms with van der Waals surface area (Å²) in [6.07, 6.45) is 0.177. The third-order valence-corrected chi connectivity index (χ3v) is 1.59. The van der Waals surface area contributed by atoms with Gasteiger partial charge in [-0.2, -0.15) is 5.26 Å². The van der Waals surface area contributed by atoms with Crippen LogP contribution in [-0.2, 0) is 0 Å². The summed E-state index contributed by atoms with van der Waals surface area (Å²) in [6.45, 7) is 1.86. The highest BCUT2D eigenvalue weighted by Gasteiger charge is 1.95. The fourth-order valence-electron chi connectivity index (χ4n) is 0.908. The summed E-state index contributed by atoms with van der Waals surface area (Å²) in [5.41, 5.74) is 1.57. The summed E-state index contributed by atoms with van der Waals surface area (Å²) in [5.74, 6) is 5.08. The SMILES string of the molecule is Cc1ccc(F)cc1C#CCC#N. The Kier molecular flexibility index (Phi) is 3.06. The maximum atomic E-state index is 12.7. The molecule has 0 fully saturated rings. The van der Waals surface area contributed by atoms with Crippen LogP contribution >= 0.6 is 0 Å². The second kappa shape index (κ2) is 4.28. The van der Waals surface area contributed by atoms with E-state index in [1.165, 1.54) is 12.1 Å². The summed E-state index contributed by atoms with van der Waals surface area (Å²) in [6, 6.07) is 6.35. The van der Waals surface area contributed by atoms with Crippen LogP contribution < -0.4 is 0 Å². The number of halogens is 1. The number of hydrogen-bond donors (Lipinski definition) is 0. The molecule has 0 saturated heterocycles. The molecule has 0 aliphatic heterocycles.